The van der Waals surface area contributed by atoms with E-state index in [-0.39, 0.29) is 0 Å². The van der Waals surface area contributed by atoms with Crippen LogP contribution in [0.15, 0.2) is 23.2 Å². The van der Waals surface area contributed by atoms with E-state index in [9.17, 15) is 0 Å². The maximum Gasteiger partial charge on any atom is 0.213 e. The van der Waals surface area contributed by atoms with Crippen molar-refractivity contribution in [2.45, 2.75) is 53.1 Å². The second-order valence-corrected chi connectivity index (χ2v) is 6.74. The Hall–Kier alpha value is -1.78. The van der Waals surface area contributed by atoms with Crippen LogP contribution in [-0.2, 0) is 6.54 Å². The fraction of sp³-hybridized carbons (Fsp3) is 0.647. The average molecular weight is 306 g/mol. The normalized spacial score (nSPS) is 13.6. The quantitative estimate of drug-likeness (QED) is 0.626. The third-order valence-corrected chi connectivity index (χ3v) is 3.36. The minimum Gasteiger partial charge on any atom is -0.481 e. The molecular formula is C17H30N4O. The van der Waals surface area contributed by atoms with Gasteiger partial charge >= 0.3 is 0 Å². The highest BCUT2D eigenvalue weighted by molar-refractivity contribution is 5.79. The van der Waals surface area contributed by atoms with Crippen molar-refractivity contribution in [2.24, 2.45) is 10.4 Å². The molecule has 5 nitrogen and oxygen atoms in total. The predicted octanol–water partition coefficient (Wildman–Crippen LogP) is 2.97. The third kappa shape index (κ3) is 7.29. The molecule has 1 heterocycles. The Kier molecular flexibility index (Phi) is 7.15. The van der Waals surface area contributed by atoms with Crippen molar-refractivity contribution >= 4 is 5.96 Å². The number of ether oxygens (including phenoxy) is 1. The summed E-state index contributed by atoms with van der Waals surface area (Å²) in [5.41, 5.74) is 1.28. The van der Waals surface area contributed by atoms with E-state index in [4.69, 9.17) is 4.74 Å². The smallest absolute Gasteiger partial charge is 0.213 e. The molecule has 0 fully saturated rings. The van der Waals surface area contributed by atoms with Crippen molar-refractivity contribution in [1.29, 1.82) is 0 Å². The minimum absolute atomic E-state index is 0.359. The Balaban J connectivity index is 2.45. The van der Waals surface area contributed by atoms with E-state index in [1.165, 1.54) is 6.42 Å². The zero-order valence-electron chi connectivity index (χ0n) is 14.7. The maximum atomic E-state index is 5.13. The molecule has 0 spiro atoms. The number of rotatable bonds is 6. The summed E-state index contributed by atoms with van der Waals surface area (Å²) in [6, 6.07) is 6.12. The number of hydrogen-bond acceptors (Lipinski definition) is 3. The van der Waals surface area contributed by atoms with Gasteiger partial charge in [-0.1, -0.05) is 26.8 Å². The summed E-state index contributed by atoms with van der Waals surface area (Å²) < 4.78 is 5.13. The summed E-state index contributed by atoms with van der Waals surface area (Å²) in [6.45, 7) is 9.59. The zero-order chi connectivity index (χ0) is 16.6. The molecule has 124 valence electrons. The Labute approximate surface area is 134 Å². The minimum atomic E-state index is 0.359. The molecule has 1 aromatic rings. The van der Waals surface area contributed by atoms with Gasteiger partial charge < -0.3 is 15.4 Å². The summed E-state index contributed by atoms with van der Waals surface area (Å²) in [6.07, 6.45) is 2.29. The molecule has 1 rings (SSSR count). The van der Waals surface area contributed by atoms with Crippen molar-refractivity contribution in [2.75, 3.05) is 14.2 Å². The summed E-state index contributed by atoms with van der Waals surface area (Å²) in [5.74, 6) is 1.42. The van der Waals surface area contributed by atoms with E-state index < -0.39 is 0 Å². The second-order valence-electron chi connectivity index (χ2n) is 6.74. The molecule has 0 aliphatic rings. The van der Waals surface area contributed by atoms with Crippen molar-refractivity contribution < 1.29 is 4.74 Å². The first-order valence-electron chi connectivity index (χ1n) is 7.81. The van der Waals surface area contributed by atoms with Crippen molar-refractivity contribution in [3.63, 3.8) is 0 Å². The number of aliphatic imine (C=N–C) groups is 1. The topological polar surface area (TPSA) is 58.5 Å². The number of methoxy groups -OCH3 is 1. The van der Waals surface area contributed by atoms with Crippen LogP contribution in [0.1, 0.15) is 46.2 Å². The second kappa shape index (κ2) is 8.61. The van der Waals surface area contributed by atoms with Crippen LogP contribution >= 0.6 is 0 Å². The van der Waals surface area contributed by atoms with Gasteiger partial charge in [0.25, 0.3) is 0 Å². The molecule has 2 N–H and O–H groups in total. The maximum absolute atomic E-state index is 5.13. The first-order valence-corrected chi connectivity index (χ1v) is 7.81. The lowest BCUT2D eigenvalue weighted by Crippen LogP contribution is -2.42. The van der Waals surface area contributed by atoms with Gasteiger partial charge in [0.2, 0.25) is 5.88 Å². The van der Waals surface area contributed by atoms with Gasteiger partial charge in [0.05, 0.1) is 19.3 Å². The van der Waals surface area contributed by atoms with Gasteiger partial charge in [-0.2, -0.15) is 0 Å². The lowest BCUT2D eigenvalue weighted by atomic mass is 9.89. The molecule has 0 saturated carbocycles. The molecule has 5 heteroatoms. The van der Waals surface area contributed by atoms with Gasteiger partial charge in [-0.15, -0.1) is 0 Å². The molecule has 0 radical (unpaired) electrons. The van der Waals surface area contributed by atoms with Crippen LogP contribution in [0.4, 0.5) is 0 Å². The number of pyridine rings is 1. The Morgan fingerprint density at radius 3 is 2.68 bits per heavy atom. The molecule has 0 aliphatic carbocycles. The van der Waals surface area contributed by atoms with Gasteiger partial charge in [0, 0.05) is 19.2 Å². The van der Waals surface area contributed by atoms with Crippen molar-refractivity contribution in [3.8, 4) is 5.88 Å². The predicted molar refractivity (Wildman–Crippen MR) is 92.3 cm³/mol. The molecule has 1 unspecified atom stereocenters. The monoisotopic (exact) mass is 306 g/mol. The fourth-order valence-electron chi connectivity index (χ4n) is 1.99. The van der Waals surface area contributed by atoms with E-state index in [1.807, 2.05) is 18.2 Å². The standard InChI is InChI=1S/C17H30N4O/c1-13(10-11-17(2,3)4)20-16(18-5)19-12-14-8-7-9-15(21-14)22-6/h7-9,13H,10-12H2,1-6H3,(H2,18,19,20). The van der Waals surface area contributed by atoms with Crippen LogP contribution in [0.3, 0.4) is 0 Å². The first kappa shape index (κ1) is 18.3. The highest BCUT2D eigenvalue weighted by Gasteiger charge is 2.13. The van der Waals surface area contributed by atoms with Crippen LogP contribution in [0.25, 0.3) is 0 Å². The summed E-state index contributed by atoms with van der Waals surface area (Å²) in [7, 11) is 3.40. The lowest BCUT2D eigenvalue weighted by Gasteiger charge is -2.23. The highest BCUT2D eigenvalue weighted by atomic mass is 16.5. The lowest BCUT2D eigenvalue weighted by molar-refractivity contribution is 0.346. The summed E-state index contributed by atoms with van der Waals surface area (Å²) in [5, 5.41) is 6.70. The molecule has 1 aromatic heterocycles. The van der Waals surface area contributed by atoms with Crippen LogP contribution in [0.2, 0.25) is 0 Å². The number of guanidine groups is 1. The van der Waals surface area contributed by atoms with Gasteiger partial charge in [-0.25, -0.2) is 4.98 Å². The SMILES string of the molecule is CN=C(NCc1cccc(OC)n1)NC(C)CCC(C)(C)C. The van der Waals surface area contributed by atoms with Gasteiger partial charge in [-0.3, -0.25) is 4.99 Å². The van der Waals surface area contributed by atoms with Gasteiger partial charge in [0.1, 0.15) is 0 Å². The highest BCUT2D eigenvalue weighted by Crippen LogP contribution is 2.21. The number of hydrogen-bond donors (Lipinski definition) is 2. The first-order chi connectivity index (χ1) is 10.3. The van der Waals surface area contributed by atoms with Crippen LogP contribution in [0.5, 0.6) is 5.88 Å². The molecule has 0 aromatic carbocycles. The fourth-order valence-corrected chi connectivity index (χ4v) is 1.99. The van der Waals surface area contributed by atoms with E-state index in [2.05, 4.69) is 48.3 Å². The van der Waals surface area contributed by atoms with E-state index in [1.54, 1.807) is 14.2 Å². The molecule has 22 heavy (non-hydrogen) atoms. The van der Waals surface area contributed by atoms with E-state index >= 15 is 0 Å². The van der Waals surface area contributed by atoms with Crippen molar-refractivity contribution in [1.82, 2.24) is 15.6 Å². The molecule has 0 amide bonds. The number of aromatic nitrogens is 1. The van der Waals surface area contributed by atoms with Crippen LogP contribution in [0, 0.1) is 5.41 Å². The Morgan fingerprint density at radius 2 is 2.09 bits per heavy atom. The molecule has 0 aliphatic heterocycles. The third-order valence-electron chi connectivity index (χ3n) is 3.36. The molecule has 1 atom stereocenters. The Morgan fingerprint density at radius 1 is 1.36 bits per heavy atom. The van der Waals surface area contributed by atoms with Crippen LogP contribution < -0.4 is 15.4 Å². The van der Waals surface area contributed by atoms with Gasteiger partial charge in [0.15, 0.2) is 5.96 Å². The summed E-state index contributed by atoms with van der Waals surface area (Å²) >= 11 is 0. The van der Waals surface area contributed by atoms with E-state index in [0.717, 1.165) is 18.1 Å². The number of nitrogens with zero attached hydrogens (tertiary/aromatic N) is 2. The van der Waals surface area contributed by atoms with E-state index in [0.29, 0.717) is 23.9 Å². The Bertz CT molecular complexity index is 480. The van der Waals surface area contributed by atoms with Crippen LogP contribution in [-0.4, -0.2) is 31.1 Å². The average Bonchev–Trinajstić information content (AvgIpc) is 2.48. The zero-order valence-corrected chi connectivity index (χ0v) is 14.7. The number of nitrogens with one attached hydrogen (secondary N) is 2. The molecular weight excluding hydrogens is 276 g/mol. The molecule has 0 bridgehead atoms. The molecule has 0 saturated heterocycles. The van der Waals surface area contributed by atoms with Gasteiger partial charge in [-0.05, 0) is 31.2 Å². The van der Waals surface area contributed by atoms with Crippen molar-refractivity contribution in [3.05, 3.63) is 23.9 Å². The largest absolute Gasteiger partial charge is 0.481 e. The summed E-state index contributed by atoms with van der Waals surface area (Å²) in [4.78, 5) is 8.64.